The van der Waals surface area contributed by atoms with E-state index in [0.717, 1.165) is 35.4 Å². The maximum absolute atomic E-state index is 13.6. The first-order chi connectivity index (χ1) is 19.7. The van der Waals surface area contributed by atoms with Gasteiger partial charge < -0.3 is 20.1 Å². The number of aromatic amines is 1. The number of hydrogen-bond acceptors (Lipinski definition) is 7. The summed E-state index contributed by atoms with van der Waals surface area (Å²) in [5.74, 6) is 0.804. The number of amides is 1. The lowest BCUT2D eigenvalue weighted by Crippen LogP contribution is -2.46. The van der Waals surface area contributed by atoms with Crippen LogP contribution in [-0.2, 0) is 16.4 Å². The van der Waals surface area contributed by atoms with Crippen molar-refractivity contribution in [2.75, 3.05) is 40.8 Å². The Bertz CT molecular complexity index is 1600. The van der Waals surface area contributed by atoms with E-state index in [9.17, 15) is 13.2 Å². The summed E-state index contributed by atoms with van der Waals surface area (Å²) >= 11 is 0. The normalized spacial score (nSPS) is 14.4. The minimum atomic E-state index is -3.58. The van der Waals surface area contributed by atoms with E-state index in [1.54, 1.807) is 48.9 Å². The van der Waals surface area contributed by atoms with E-state index >= 15 is 0 Å². The number of carbonyl (C=O) groups is 1. The highest BCUT2D eigenvalue weighted by Gasteiger charge is 2.28. The molecule has 4 aromatic rings. The summed E-state index contributed by atoms with van der Waals surface area (Å²) in [5.41, 5.74) is 3.66. The number of nitrogens with zero attached hydrogens (tertiary/aromatic N) is 4. The number of pyridine rings is 2. The van der Waals surface area contributed by atoms with E-state index in [4.69, 9.17) is 0 Å². The Labute approximate surface area is 241 Å². The van der Waals surface area contributed by atoms with Crippen LogP contribution >= 0.6 is 0 Å². The van der Waals surface area contributed by atoms with Gasteiger partial charge in [-0.15, -0.1) is 0 Å². The highest BCUT2D eigenvalue weighted by atomic mass is 32.2. The van der Waals surface area contributed by atoms with Crippen LogP contribution in [0.1, 0.15) is 42.6 Å². The van der Waals surface area contributed by atoms with Crippen LogP contribution in [0.15, 0.2) is 67.3 Å². The summed E-state index contributed by atoms with van der Waals surface area (Å²) < 4.78 is 28.2. The second-order valence-corrected chi connectivity index (χ2v) is 12.6. The number of sulfonamides is 1. The first-order valence-electron chi connectivity index (χ1n) is 13.9. The number of piperidine rings is 1. The topological polar surface area (TPSA) is 123 Å². The number of fused-ring (bicyclic) bond motifs is 1. The summed E-state index contributed by atoms with van der Waals surface area (Å²) in [6, 6.07) is 13.4. The van der Waals surface area contributed by atoms with Crippen molar-refractivity contribution in [2.24, 2.45) is 0 Å². The Balaban J connectivity index is 1.24. The number of likely N-dealkylation sites (tertiary alicyclic amines) is 1. The van der Waals surface area contributed by atoms with Gasteiger partial charge in [0.1, 0.15) is 0 Å². The predicted octanol–water partition coefficient (Wildman–Crippen LogP) is 4.50. The largest absolute Gasteiger partial charge is 0.380 e. The second-order valence-electron chi connectivity index (χ2n) is 10.8. The number of carbonyl (C=O) groups excluding carboxylic acids is 1. The molecule has 0 radical (unpaired) electrons. The maximum atomic E-state index is 13.6. The average Bonchev–Trinajstić information content (AvgIpc) is 3.39. The molecule has 10 nitrogen and oxygen atoms in total. The van der Waals surface area contributed by atoms with Gasteiger partial charge in [-0.2, -0.15) is 0 Å². The van der Waals surface area contributed by atoms with Gasteiger partial charge in [-0.1, -0.05) is 0 Å². The molecule has 3 N–H and O–H groups in total. The lowest BCUT2D eigenvalue weighted by Gasteiger charge is -2.38. The minimum Gasteiger partial charge on any atom is -0.380 e. The molecule has 0 unspecified atom stereocenters. The SMILES string of the molecule is CC(C)Nc1cccnc1N(C)C1CCN(C(=O)c2c[nH]c3ccc(NS(=O)(=O)CCc4ccncc4)cc23)CC1. The zero-order chi connectivity index (χ0) is 29.0. The first kappa shape index (κ1) is 28.4. The van der Waals surface area contributed by atoms with Crippen LogP contribution in [-0.4, -0.2) is 72.2 Å². The Morgan fingerprint density at radius 3 is 2.61 bits per heavy atom. The van der Waals surface area contributed by atoms with Gasteiger partial charge in [-0.3, -0.25) is 14.5 Å². The number of aryl methyl sites for hydroxylation is 1. The molecule has 1 saturated heterocycles. The number of anilines is 3. The molecule has 5 rings (SSSR count). The van der Waals surface area contributed by atoms with E-state index in [0.29, 0.717) is 42.2 Å². The predicted molar refractivity (Wildman–Crippen MR) is 164 cm³/mol. The van der Waals surface area contributed by atoms with E-state index in [1.165, 1.54) is 0 Å². The molecule has 0 aliphatic carbocycles. The molecule has 0 saturated carbocycles. The Morgan fingerprint density at radius 2 is 1.88 bits per heavy atom. The van der Waals surface area contributed by atoms with Crippen LogP contribution < -0.4 is 14.9 Å². The van der Waals surface area contributed by atoms with Gasteiger partial charge in [0.05, 0.1) is 17.0 Å². The van der Waals surface area contributed by atoms with Crippen LogP contribution in [0, 0.1) is 0 Å². The molecule has 1 aliphatic heterocycles. The second kappa shape index (κ2) is 12.2. The molecule has 0 atom stereocenters. The van der Waals surface area contributed by atoms with Crippen molar-refractivity contribution < 1.29 is 13.2 Å². The van der Waals surface area contributed by atoms with Crippen LogP contribution in [0.25, 0.3) is 10.9 Å². The summed E-state index contributed by atoms with van der Waals surface area (Å²) in [5, 5.41) is 4.17. The van der Waals surface area contributed by atoms with Gasteiger partial charge >= 0.3 is 0 Å². The molecule has 1 aromatic carbocycles. The highest BCUT2D eigenvalue weighted by Crippen LogP contribution is 2.29. The fourth-order valence-electron chi connectivity index (χ4n) is 5.29. The molecule has 41 heavy (non-hydrogen) atoms. The van der Waals surface area contributed by atoms with Gasteiger partial charge in [0.25, 0.3) is 5.91 Å². The van der Waals surface area contributed by atoms with Gasteiger partial charge in [-0.25, -0.2) is 13.4 Å². The highest BCUT2D eigenvalue weighted by molar-refractivity contribution is 7.92. The molecule has 1 fully saturated rings. The van der Waals surface area contributed by atoms with E-state index in [1.807, 2.05) is 23.2 Å². The first-order valence-corrected chi connectivity index (χ1v) is 15.6. The average molecular weight is 576 g/mol. The van der Waals surface area contributed by atoms with Gasteiger partial charge in [-0.05, 0) is 81.1 Å². The molecule has 4 heterocycles. The number of H-pyrrole nitrogens is 1. The van der Waals surface area contributed by atoms with Gasteiger partial charge in [0.15, 0.2) is 5.82 Å². The fraction of sp³-hybridized carbons (Fsp3) is 0.367. The number of rotatable bonds is 10. The molecular formula is C30H37N7O3S. The van der Waals surface area contributed by atoms with Crippen LogP contribution in [0.4, 0.5) is 17.2 Å². The third kappa shape index (κ3) is 6.79. The van der Waals surface area contributed by atoms with Crippen molar-refractivity contribution in [3.63, 3.8) is 0 Å². The van der Waals surface area contributed by atoms with E-state index < -0.39 is 10.0 Å². The molecule has 1 amide bonds. The third-order valence-electron chi connectivity index (χ3n) is 7.46. The summed E-state index contributed by atoms with van der Waals surface area (Å²) in [4.78, 5) is 29.4. The van der Waals surface area contributed by atoms with Gasteiger partial charge in [0.2, 0.25) is 10.0 Å². The van der Waals surface area contributed by atoms with Crippen molar-refractivity contribution in [2.45, 2.75) is 45.2 Å². The maximum Gasteiger partial charge on any atom is 0.256 e. The van der Waals surface area contributed by atoms with Crippen molar-refractivity contribution in [3.05, 3.63) is 78.4 Å². The van der Waals surface area contributed by atoms with Crippen LogP contribution in [0.2, 0.25) is 0 Å². The summed E-state index contributed by atoms with van der Waals surface area (Å²) in [6.45, 7) is 5.46. The molecular weight excluding hydrogens is 538 g/mol. The van der Waals surface area contributed by atoms with Crippen LogP contribution in [0.5, 0.6) is 0 Å². The lowest BCUT2D eigenvalue weighted by atomic mass is 10.0. The molecule has 11 heteroatoms. The van der Waals surface area contributed by atoms with Crippen molar-refractivity contribution in [1.29, 1.82) is 0 Å². The number of aromatic nitrogens is 3. The Morgan fingerprint density at radius 1 is 1.12 bits per heavy atom. The molecule has 0 spiro atoms. The lowest BCUT2D eigenvalue weighted by molar-refractivity contribution is 0.0715. The molecule has 0 bridgehead atoms. The van der Waals surface area contributed by atoms with E-state index in [-0.39, 0.29) is 17.7 Å². The minimum absolute atomic E-state index is 0.0507. The molecule has 216 valence electrons. The zero-order valence-corrected chi connectivity index (χ0v) is 24.5. The zero-order valence-electron chi connectivity index (χ0n) is 23.7. The Hall–Kier alpha value is -4.12. The van der Waals surface area contributed by atoms with Crippen molar-refractivity contribution in [1.82, 2.24) is 19.9 Å². The molecule has 1 aliphatic rings. The number of nitrogens with one attached hydrogen (secondary N) is 3. The summed E-state index contributed by atoms with van der Waals surface area (Å²) in [6.07, 6.45) is 8.85. The summed E-state index contributed by atoms with van der Waals surface area (Å²) in [7, 11) is -1.51. The van der Waals surface area contributed by atoms with E-state index in [2.05, 4.69) is 50.8 Å². The smallest absolute Gasteiger partial charge is 0.256 e. The van der Waals surface area contributed by atoms with Crippen molar-refractivity contribution >= 4 is 44.0 Å². The van der Waals surface area contributed by atoms with Gasteiger partial charge in [0, 0.05) is 73.6 Å². The monoisotopic (exact) mass is 575 g/mol. The Kier molecular flexibility index (Phi) is 8.44. The quantitative estimate of drug-likeness (QED) is 0.254. The molecule has 3 aromatic heterocycles. The number of hydrogen-bond donors (Lipinski definition) is 3. The fourth-order valence-corrected chi connectivity index (χ4v) is 6.39. The van der Waals surface area contributed by atoms with Crippen molar-refractivity contribution in [3.8, 4) is 0 Å². The van der Waals surface area contributed by atoms with Crippen LogP contribution in [0.3, 0.4) is 0 Å². The standard InChI is InChI=1S/C30H37N7O3S/c1-21(2)34-28-5-4-13-32-29(28)36(3)24-10-16-37(17-11-24)30(38)26-20-33-27-7-6-23(19-25(26)27)35-41(39,40)18-12-22-8-14-31-15-9-22/h4-9,13-15,19-21,24,33-35H,10-12,16-18H2,1-3H3. The third-order valence-corrected chi connectivity index (χ3v) is 8.75. The number of benzene rings is 1.